The fraction of sp³-hybridized carbons (Fsp3) is 0.600. The van der Waals surface area contributed by atoms with Crippen LogP contribution in [0.2, 0.25) is 0 Å². The van der Waals surface area contributed by atoms with Crippen LogP contribution < -0.4 is 14.8 Å². The van der Waals surface area contributed by atoms with E-state index in [1.807, 2.05) is 0 Å². The zero-order chi connectivity index (χ0) is 18.7. The Balaban J connectivity index is 1.57. The predicted molar refractivity (Wildman–Crippen MR) is 96.4 cm³/mol. The summed E-state index contributed by atoms with van der Waals surface area (Å²) in [7, 11) is 0. The zero-order valence-electron chi connectivity index (χ0n) is 15.6. The molecule has 26 heavy (non-hydrogen) atoms. The molecule has 0 spiro atoms. The van der Waals surface area contributed by atoms with E-state index >= 15 is 0 Å². The van der Waals surface area contributed by atoms with Gasteiger partial charge in [-0.1, -0.05) is 26.7 Å². The molecule has 1 aliphatic carbocycles. The lowest BCUT2D eigenvalue weighted by Crippen LogP contribution is -2.47. The van der Waals surface area contributed by atoms with Gasteiger partial charge in [0.1, 0.15) is 13.2 Å². The minimum absolute atomic E-state index is 0.140. The number of benzene rings is 1. The third-order valence-corrected chi connectivity index (χ3v) is 5.47. The van der Waals surface area contributed by atoms with Crippen molar-refractivity contribution in [3.05, 3.63) is 23.8 Å². The van der Waals surface area contributed by atoms with Gasteiger partial charge >= 0.3 is 5.97 Å². The highest BCUT2D eigenvalue weighted by Crippen LogP contribution is 2.31. The van der Waals surface area contributed by atoms with Gasteiger partial charge in [0.15, 0.2) is 17.6 Å². The number of fused-ring (bicyclic) bond motifs is 1. The third kappa shape index (κ3) is 4.11. The van der Waals surface area contributed by atoms with Crippen LogP contribution in [0.4, 0.5) is 0 Å². The molecule has 1 aromatic carbocycles. The molecule has 3 rings (SSSR count). The average molecular weight is 361 g/mol. The Kier molecular flexibility index (Phi) is 5.69. The van der Waals surface area contributed by atoms with E-state index in [-0.39, 0.29) is 11.9 Å². The molecule has 1 heterocycles. The molecule has 0 saturated heterocycles. The van der Waals surface area contributed by atoms with Crippen LogP contribution in [-0.2, 0) is 9.53 Å². The number of ether oxygens (including phenoxy) is 3. The van der Waals surface area contributed by atoms with Gasteiger partial charge in [-0.05, 0) is 43.4 Å². The summed E-state index contributed by atoms with van der Waals surface area (Å²) in [6.07, 6.45) is 2.43. The lowest BCUT2D eigenvalue weighted by Gasteiger charge is -2.35. The summed E-state index contributed by atoms with van der Waals surface area (Å²) in [5, 5.41) is 3.04. The Bertz CT molecular complexity index is 674. The minimum Gasteiger partial charge on any atom is -0.486 e. The van der Waals surface area contributed by atoms with Gasteiger partial charge in [-0.15, -0.1) is 0 Å². The van der Waals surface area contributed by atoms with Crippen LogP contribution in [-0.4, -0.2) is 37.2 Å². The molecule has 1 aromatic rings. The summed E-state index contributed by atoms with van der Waals surface area (Å²) in [6.45, 7) is 6.92. The predicted octanol–water partition coefficient (Wildman–Crippen LogP) is 2.94. The lowest BCUT2D eigenvalue weighted by molar-refractivity contribution is -0.130. The van der Waals surface area contributed by atoms with Gasteiger partial charge < -0.3 is 19.5 Å². The van der Waals surface area contributed by atoms with Crippen molar-refractivity contribution < 1.29 is 23.8 Å². The second-order valence-corrected chi connectivity index (χ2v) is 7.29. The van der Waals surface area contributed by atoms with Gasteiger partial charge in [-0.3, -0.25) is 4.79 Å². The maximum Gasteiger partial charge on any atom is 0.339 e. The summed E-state index contributed by atoms with van der Waals surface area (Å²) in [5.74, 6) is 1.35. The Morgan fingerprint density at radius 3 is 2.65 bits per heavy atom. The molecule has 0 unspecified atom stereocenters. The fourth-order valence-corrected chi connectivity index (χ4v) is 3.54. The van der Waals surface area contributed by atoms with Crippen LogP contribution in [0.25, 0.3) is 0 Å². The zero-order valence-corrected chi connectivity index (χ0v) is 15.6. The normalized spacial score (nSPS) is 25.9. The monoisotopic (exact) mass is 361 g/mol. The Morgan fingerprint density at radius 2 is 1.88 bits per heavy atom. The first kappa shape index (κ1) is 18.5. The standard InChI is InChI=1S/C20H27NO5/c1-12-5-4-6-16(13(12)2)21-19(22)14(3)26-20(23)15-7-8-17-18(11-15)25-10-9-24-17/h7-8,11-14,16H,4-6,9-10H2,1-3H3,(H,21,22)/t12-,13-,14-,16+/m1/s1. The van der Waals surface area contributed by atoms with E-state index in [4.69, 9.17) is 14.2 Å². The number of esters is 1. The first-order valence-electron chi connectivity index (χ1n) is 9.36. The van der Waals surface area contributed by atoms with E-state index in [9.17, 15) is 9.59 Å². The summed E-state index contributed by atoms with van der Waals surface area (Å²) < 4.78 is 16.3. The number of nitrogens with one attached hydrogen (secondary N) is 1. The highest BCUT2D eigenvalue weighted by molar-refractivity contribution is 5.93. The number of hydrogen-bond acceptors (Lipinski definition) is 5. The van der Waals surface area contributed by atoms with E-state index in [0.29, 0.717) is 42.1 Å². The first-order valence-corrected chi connectivity index (χ1v) is 9.36. The molecule has 1 amide bonds. The third-order valence-electron chi connectivity index (χ3n) is 5.47. The topological polar surface area (TPSA) is 73.9 Å². The first-order chi connectivity index (χ1) is 12.5. The van der Waals surface area contributed by atoms with E-state index in [1.165, 1.54) is 6.42 Å². The Morgan fingerprint density at radius 1 is 1.15 bits per heavy atom. The molecule has 1 fully saturated rings. The average Bonchev–Trinajstić information content (AvgIpc) is 2.64. The maximum atomic E-state index is 12.4. The molecule has 6 heteroatoms. The van der Waals surface area contributed by atoms with Crippen molar-refractivity contribution in [3.8, 4) is 11.5 Å². The molecule has 142 valence electrons. The quantitative estimate of drug-likeness (QED) is 0.835. The molecule has 1 saturated carbocycles. The SMILES string of the molecule is C[C@@H]1[C@H](C)CCC[C@@H]1NC(=O)[C@@H](C)OC(=O)c1ccc2c(c1)OCCO2. The molecule has 2 aliphatic rings. The molecular weight excluding hydrogens is 334 g/mol. The van der Waals surface area contributed by atoms with Crippen molar-refractivity contribution in [3.63, 3.8) is 0 Å². The van der Waals surface area contributed by atoms with Crippen molar-refractivity contribution >= 4 is 11.9 Å². The van der Waals surface area contributed by atoms with Gasteiger partial charge in [-0.25, -0.2) is 4.79 Å². The van der Waals surface area contributed by atoms with Crippen LogP contribution in [0.1, 0.15) is 50.4 Å². The molecule has 4 atom stereocenters. The lowest BCUT2D eigenvalue weighted by atomic mass is 9.78. The van der Waals surface area contributed by atoms with E-state index in [2.05, 4.69) is 19.2 Å². The van der Waals surface area contributed by atoms with Crippen molar-refractivity contribution in [1.82, 2.24) is 5.32 Å². The molecule has 1 N–H and O–H groups in total. The summed E-state index contributed by atoms with van der Waals surface area (Å²) in [6, 6.07) is 5.03. The molecule has 0 bridgehead atoms. The second kappa shape index (κ2) is 7.98. The van der Waals surface area contributed by atoms with E-state index < -0.39 is 12.1 Å². The number of rotatable bonds is 4. The molecule has 1 aliphatic heterocycles. The van der Waals surface area contributed by atoms with Crippen molar-refractivity contribution in [2.24, 2.45) is 11.8 Å². The fourth-order valence-electron chi connectivity index (χ4n) is 3.54. The Labute approximate surface area is 154 Å². The minimum atomic E-state index is -0.847. The summed E-state index contributed by atoms with van der Waals surface area (Å²) in [5.41, 5.74) is 0.341. The van der Waals surface area contributed by atoms with Crippen LogP contribution in [0.3, 0.4) is 0 Å². The molecular formula is C20H27NO5. The van der Waals surface area contributed by atoms with Crippen LogP contribution in [0, 0.1) is 11.8 Å². The van der Waals surface area contributed by atoms with Gasteiger partial charge in [0, 0.05) is 6.04 Å². The van der Waals surface area contributed by atoms with Gasteiger partial charge in [-0.2, -0.15) is 0 Å². The van der Waals surface area contributed by atoms with Crippen molar-refractivity contribution in [2.75, 3.05) is 13.2 Å². The number of carbonyl (C=O) groups is 2. The number of amides is 1. The largest absolute Gasteiger partial charge is 0.486 e. The molecule has 6 nitrogen and oxygen atoms in total. The second-order valence-electron chi connectivity index (χ2n) is 7.29. The summed E-state index contributed by atoms with van der Waals surface area (Å²) >= 11 is 0. The highest BCUT2D eigenvalue weighted by Gasteiger charge is 2.30. The van der Waals surface area contributed by atoms with Gasteiger partial charge in [0.2, 0.25) is 0 Å². The van der Waals surface area contributed by atoms with E-state index in [1.54, 1.807) is 25.1 Å². The van der Waals surface area contributed by atoms with Crippen LogP contribution >= 0.6 is 0 Å². The van der Waals surface area contributed by atoms with Crippen LogP contribution in [0.15, 0.2) is 18.2 Å². The van der Waals surface area contributed by atoms with Crippen molar-refractivity contribution in [1.29, 1.82) is 0 Å². The Hall–Kier alpha value is -2.24. The van der Waals surface area contributed by atoms with Gasteiger partial charge in [0.25, 0.3) is 5.91 Å². The molecule has 0 radical (unpaired) electrons. The summed E-state index contributed by atoms with van der Waals surface area (Å²) in [4.78, 5) is 24.8. The van der Waals surface area contributed by atoms with E-state index in [0.717, 1.165) is 12.8 Å². The maximum absolute atomic E-state index is 12.4. The van der Waals surface area contributed by atoms with Gasteiger partial charge in [0.05, 0.1) is 5.56 Å². The molecule has 0 aromatic heterocycles. The highest BCUT2D eigenvalue weighted by atomic mass is 16.6. The van der Waals surface area contributed by atoms with Crippen LogP contribution in [0.5, 0.6) is 11.5 Å². The smallest absolute Gasteiger partial charge is 0.339 e. The number of hydrogen-bond donors (Lipinski definition) is 1. The number of carbonyl (C=O) groups excluding carboxylic acids is 2. The van der Waals surface area contributed by atoms with Crippen molar-refractivity contribution in [2.45, 2.75) is 52.2 Å².